The molecule has 1 rings (SSSR count). The second-order valence-corrected chi connectivity index (χ2v) is 4.43. The van der Waals surface area contributed by atoms with E-state index in [1.807, 2.05) is 0 Å². The Bertz CT molecular complexity index is 184. The lowest BCUT2D eigenvalue weighted by molar-refractivity contribution is -0.137. The Balaban J connectivity index is 2.53. The molecule has 1 saturated carbocycles. The lowest BCUT2D eigenvalue weighted by Crippen LogP contribution is -2.48. The molecule has 0 bridgehead atoms. The van der Waals surface area contributed by atoms with Gasteiger partial charge in [0.15, 0.2) is 0 Å². The zero-order chi connectivity index (χ0) is 9.35. The molecule has 0 aliphatic heterocycles. The van der Waals surface area contributed by atoms with E-state index in [-0.39, 0.29) is 17.9 Å². The second kappa shape index (κ2) is 3.17. The van der Waals surface area contributed by atoms with Crippen LogP contribution < -0.4 is 0 Å². The van der Waals surface area contributed by atoms with Crippen molar-refractivity contribution in [2.75, 3.05) is 6.61 Å². The highest BCUT2D eigenvalue weighted by atomic mass is 16.3. The van der Waals surface area contributed by atoms with Gasteiger partial charge in [0, 0.05) is 12.5 Å². The number of carbonyl (C=O) groups is 1. The summed E-state index contributed by atoms with van der Waals surface area (Å²) in [7, 11) is 0. The SMILES string of the molecule is CC(=O)[C@H]1C[C@@H](CCO)C1(C)C. The van der Waals surface area contributed by atoms with Gasteiger partial charge in [0.25, 0.3) is 0 Å². The molecule has 1 N–H and O–H groups in total. The Morgan fingerprint density at radius 2 is 2.17 bits per heavy atom. The third-order valence-corrected chi connectivity index (χ3v) is 3.44. The molecule has 0 aromatic carbocycles. The number of aliphatic hydroxyl groups is 1. The van der Waals surface area contributed by atoms with Crippen LogP contribution in [0, 0.1) is 17.3 Å². The average Bonchev–Trinajstić information content (AvgIpc) is 1.96. The molecule has 1 fully saturated rings. The minimum atomic E-state index is 0.120. The Labute approximate surface area is 74.0 Å². The molecule has 0 heterocycles. The van der Waals surface area contributed by atoms with Crippen molar-refractivity contribution in [2.45, 2.75) is 33.6 Å². The first-order valence-electron chi connectivity index (χ1n) is 4.61. The van der Waals surface area contributed by atoms with Gasteiger partial charge in [0.05, 0.1) is 0 Å². The molecular formula is C10H18O2. The quantitative estimate of drug-likeness (QED) is 0.698. The summed E-state index contributed by atoms with van der Waals surface area (Å²) in [6, 6.07) is 0. The van der Waals surface area contributed by atoms with Gasteiger partial charge in [-0.3, -0.25) is 4.79 Å². The smallest absolute Gasteiger partial charge is 0.133 e. The maximum absolute atomic E-state index is 11.1. The first-order chi connectivity index (χ1) is 5.50. The molecule has 0 aromatic rings. The first kappa shape index (κ1) is 9.72. The molecule has 2 atom stereocenters. The molecule has 0 amide bonds. The maximum Gasteiger partial charge on any atom is 0.133 e. The number of ketones is 1. The van der Waals surface area contributed by atoms with Gasteiger partial charge in [0.1, 0.15) is 5.78 Å². The van der Waals surface area contributed by atoms with Gasteiger partial charge >= 0.3 is 0 Å². The lowest BCUT2D eigenvalue weighted by atomic mass is 9.53. The summed E-state index contributed by atoms with van der Waals surface area (Å²) in [6.45, 7) is 6.17. The molecule has 0 aromatic heterocycles. The molecule has 2 heteroatoms. The predicted octanol–water partition coefficient (Wildman–Crippen LogP) is 1.62. The van der Waals surface area contributed by atoms with E-state index in [0.717, 1.165) is 12.8 Å². The van der Waals surface area contributed by atoms with Crippen LogP contribution in [0.4, 0.5) is 0 Å². The standard InChI is InChI=1S/C10H18O2/c1-7(12)9-6-8(4-5-11)10(9,2)3/h8-9,11H,4-6H2,1-3H3/t8-,9-/m1/s1. The van der Waals surface area contributed by atoms with Crippen LogP contribution >= 0.6 is 0 Å². The van der Waals surface area contributed by atoms with Crippen LogP contribution in [0.3, 0.4) is 0 Å². The normalized spacial score (nSPS) is 32.7. The first-order valence-corrected chi connectivity index (χ1v) is 4.61. The molecule has 0 radical (unpaired) electrons. The second-order valence-electron chi connectivity index (χ2n) is 4.43. The molecule has 70 valence electrons. The number of hydrogen-bond donors (Lipinski definition) is 1. The number of rotatable bonds is 3. The molecule has 0 saturated heterocycles. The van der Waals surface area contributed by atoms with Gasteiger partial charge in [-0.2, -0.15) is 0 Å². The number of carbonyl (C=O) groups excluding carboxylic acids is 1. The third kappa shape index (κ3) is 1.40. The summed E-state index contributed by atoms with van der Waals surface area (Å²) in [6.07, 6.45) is 1.82. The highest BCUT2D eigenvalue weighted by molar-refractivity contribution is 5.80. The van der Waals surface area contributed by atoms with Crippen molar-refractivity contribution in [3.05, 3.63) is 0 Å². The Hall–Kier alpha value is -0.370. The fourth-order valence-corrected chi connectivity index (χ4v) is 2.35. The van der Waals surface area contributed by atoms with Crippen LogP contribution in [-0.4, -0.2) is 17.5 Å². The maximum atomic E-state index is 11.1. The Morgan fingerprint density at radius 1 is 1.58 bits per heavy atom. The monoisotopic (exact) mass is 170 g/mol. The molecule has 0 unspecified atom stereocenters. The molecule has 2 nitrogen and oxygen atoms in total. The summed E-state index contributed by atoms with van der Waals surface area (Å²) in [5, 5.41) is 8.77. The zero-order valence-electron chi connectivity index (χ0n) is 8.13. The van der Waals surface area contributed by atoms with Crippen LogP contribution in [-0.2, 0) is 4.79 Å². The Kier molecular flexibility index (Phi) is 2.57. The van der Waals surface area contributed by atoms with Crippen LogP contribution in [0.1, 0.15) is 33.6 Å². The summed E-state index contributed by atoms with van der Waals surface area (Å²) >= 11 is 0. The highest BCUT2D eigenvalue weighted by Crippen LogP contribution is 2.52. The van der Waals surface area contributed by atoms with E-state index in [2.05, 4.69) is 13.8 Å². The van der Waals surface area contributed by atoms with E-state index in [1.54, 1.807) is 6.92 Å². The lowest BCUT2D eigenvalue weighted by Gasteiger charge is -2.51. The fraction of sp³-hybridized carbons (Fsp3) is 0.900. The molecule has 1 aliphatic carbocycles. The minimum Gasteiger partial charge on any atom is -0.396 e. The fourth-order valence-electron chi connectivity index (χ4n) is 2.35. The van der Waals surface area contributed by atoms with Crippen molar-refractivity contribution < 1.29 is 9.90 Å². The molecular weight excluding hydrogens is 152 g/mol. The Morgan fingerprint density at radius 3 is 2.50 bits per heavy atom. The molecule has 1 aliphatic rings. The van der Waals surface area contributed by atoms with E-state index in [9.17, 15) is 4.79 Å². The van der Waals surface area contributed by atoms with Gasteiger partial charge in [-0.1, -0.05) is 13.8 Å². The predicted molar refractivity (Wildman–Crippen MR) is 47.8 cm³/mol. The minimum absolute atomic E-state index is 0.120. The van der Waals surface area contributed by atoms with Crippen molar-refractivity contribution >= 4 is 5.78 Å². The third-order valence-electron chi connectivity index (χ3n) is 3.44. The summed E-state index contributed by atoms with van der Waals surface area (Å²) in [5.74, 6) is 1.07. The van der Waals surface area contributed by atoms with Crippen LogP contribution in [0.25, 0.3) is 0 Å². The summed E-state index contributed by atoms with van der Waals surface area (Å²) < 4.78 is 0. The number of hydrogen-bond acceptors (Lipinski definition) is 2. The van der Waals surface area contributed by atoms with Crippen molar-refractivity contribution in [1.82, 2.24) is 0 Å². The van der Waals surface area contributed by atoms with Gasteiger partial charge < -0.3 is 5.11 Å². The number of aliphatic hydroxyl groups excluding tert-OH is 1. The van der Waals surface area contributed by atoms with Crippen LogP contribution in [0.2, 0.25) is 0 Å². The summed E-state index contributed by atoms with van der Waals surface area (Å²) in [4.78, 5) is 11.1. The van der Waals surface area contributed by atoms with Crippen LogP contribution in [0.15, 0.2) is 0 Å². The zero-order valence-corrected chi connectivity index (χ0v) is 8.13. The van der Waals surface area contributed by atoms with Crippen molar-refractivity contribution in [2.24, 2.45) is 17.3 Å². The average molecular weight is 170 g/mol. The van der Waals surface area contributed by atoms with Crippen molar-refractivity contribution in [1.29, 1.82) is 0 Å². The number of Topliss-reactive ketones (excluding diaryl/α,β-unsaturated/α-hetero) is 1. The van der Waals surface area contributed by atoms with E-state index in [1.165, 1.54) is 0 Å². The molecule has 0 spiro atoms. The van der Waals surface area contributed by atoms with E-state index >= 15 is 0 Å². The topological polar surface area (TPSA) is 37.3 Å². The highest BCUT2D eigenvalue weighted by Gasteiger charge is 2.49. The van der Waals surface area contributed by atoms with Gasteiger partial charge in [0.2, 0.25) is 0 Å². The van der Waals surface area contributed by atoms with Crippen LogP contribution in [0.5, 0.6) is 0 Å². The van der Waals surface area contributed by atoms with Gasteiger partial charge in [-0.15, -0.1) is 0 Å². The van der Waals surface area contributed by atoms with E-state index in [4.69, 9.17) is 5.11 Å². The summed E-state index contributed by atoms with van der Waals surface area (Å²) in [5.41, 5.74) is 0.120. The molecule has 12 heavy (non-hydrogen) atoms. The van der Waals surface area contributed by atoms with Gasteiger partial charge in [-0.25, -0.2) is 0 Å². The van der Waals surface area contributed by atoms with Gasteiger partial charge in [-0.05, 0) is 31.1 Å². The van der Waals surface area contributed by atoms with E-state index < -0.39 is 0 Å². The van der Waals surface area contributed by atoms with E-state index in [0.29, 0.717) is 11.7 Å². The largest absolute Gasteiger partial charge is 0.396 e. The van der Waals surface area contributed by atoms with Crippen molar-refractivity contribution in [3.63, 3.8) is 0 Å². The van der Waals surface area contributed by atoms with Crippen molar-refractivity contribution in [3.8, 4) is 0 Å².